The summed E-state index contributed by atoms with van der Waals surface area (Å²) in [4.78, 5) is 4.21. The zero-order chi connectivity index (χ0) is 20.6. The van der Waals surface area contributed by atoms with Crippen LogP contribution in [0.1, 0.15) is 22.7 Å². The molecule has 0 atom stereocenters. The predicted molar refractivity (Wildman–Crippen MR) is 110 cm³/mol. The van der Waals surface area contributed by atoms with Crippen molar-refractivity contribution in [2.45, 2.75) is 6.54 Å². The molecule has 1 aromatic heterocycles. The summed E-state index contributed by atoms with van der Waals surface area (Å²) in [5.41, 5.74) is 2.07. The van der Waals surface area contributed by atoms with Crippen LogP contribution in [0.25, 0.3) is 12.2 Å². The van der Waals surface area contributed by atoms with Crippen LogP contribution in [-0.4, -0.2) is 26.3 Å². The van der Waals surface area contributed by atoms with Gasteiger partial charge in [-0.2, -0.15) is 10.2 Å². The fourth-order valence-corrected chi connectivity index (χ4v) is 2.75. The molecule has 0 saturated heterocycles. The lowest BCUT2D eigenvalue weighted by Crippen LogP contribution is -1.99. The Morgan fingerprint density at radius 3 is 2.31 bits per heavy atom. The van der Waals surface area contributed by atoms with Crippen molar-refractivity contribution in [3.05, 3.63) is 65.2 Å². The average molecular weight is 391 g/mol. The molecule has 0 aliphatic rings. The Morgan fingerprint density at radius 2 is 1.72 bits per heavy atom. The fraction of sp³-hybridized carbons (Fsp3) is 0.182. The monoisotopic (exact) mass is 391 g/mol. The quantitative estimate of drug-likeness (QED) is 0.610. The van der Waals surface area contributed by atoms with Gasteiger partial charge in [0.15, 0.2) is 11.5 Å². The highest BCUT2D eigenvalue weighted by Gasteiger charge is 2.13. The summed E-state index contributed by atoms with van der Waals surface area (Å²) < 4.78 is 21.7. The van der Waals surface area contributed by atoms with Crippen molar-refractivity contribution in [2.24, 2.45) is 0 Å². The predicted octanol–water partition coefficient (Wildman–Crippen LogP) is 4.35. The van der Waals surface area contributed by atoms with Gasteiger partial charge in [-0.15, -0.1) is 0 Å². The Bertz CT molecular complexity index is 1010. The van der Waals surface area contributed by atoms with E-state index in [1.54, 1.807) is 45.6 Å². The van der Waals surface area contributed by atoms with Crippen LogP contribution >= 0.6 is 0 Å². The zero-order valence-corrected chi connectivity index (χ0v) is 16.4. The number of benzene rings is 2. The summed E-state index contributed by atoms with van der Waals surface area (Å²) >= 11 is 0. The number of ether oxygens (including phenoxy) is 3. The van der Waals surface area contributed by atoms with Gasteiger partial charge in [-0.05, 0) is 29.3 Å². The van der Waals surface area contributed by atoms with Crippen LogP contribution in [0.3, 0.4) is 0 Å². The minimum atomic E-state index is 0.200. The number of rotatable bonds is 8. The van der Waals surface area contributed by atoms with Gasteiger partial charge in [-0.3, -0.25) is 0 Å². The standard InChI is InChI=1S/C22H21N3O4/c1-26-18-11-16(12-19(27-2)21(18)28-3)9-10-20-25-17(13-23)22(29-20)24-14-15-7-5-4-6-8-15/h4-12,24H,14H2,1-3H3/b10-9+. The Labute approximate surface area is 169 Å². The second-order valence-electron chi connectivity index (χ2n) is 5.97. The summed E-state index contributed by atoms with van der Waals surface area (Å²) in [5, 5.41) is 12.4. The van der Waals surface area contributed by atoms with Gasteiger partial charge in [-0.25, -0.2) is 0 Å². The van der Waals surface area contributed by atoms with Gasteiger partial charge in [0, 0.05) is 12.6 Å². The fourth-order valence-electron chi connectivity index (χ4n) is 2.75. The third kappa shape index (κ3) is 4.68. The summed E-state index contributed by atoms with van der Waals surface area (Å²) in [5.74, 6) is 2.25. The highest BCUT2D eigenvalue weighted by atomic mass is 16.5. The molecule has 3 aromatic rings. The van der Waals surface area contributed by atoms with Gasteiger partial charge in [0.2, 0.25) is 23.2 Å². The van der Waals surface area contributed by atoms with E-state index in [9.17, 15) is 5.26 Å². The molecule has 7 nitrogen and oxygen atoms in total. The third-order valence-electron chi connectivity index (χ3n) is 4.15. The average Bonchev–Trinajstić information content (AvgIpc) is 3.18. The first-order valence-corrected chi connectivity index (χ1v) is 8.85. The molecule has 0 amide bonds. The number of nitrogens with zero attached hydrogens (tertiary/aromatic N) is 2. The highest BCUT2D eigenvalue weighted by Crippen LogP contribution is 2.38. The van der Waals surface area contributed by atoms with E-state index in [0.29, 0.717) is 35.6 Å². The van der Waals surface area contributed by atoms with E-state index >= 15 is 0 Å². The van der Waals surface area contributed by atoms with E-state index in [1.165, 1.54) is 0 Å². The van der Waals surface area contributed by atoms with Gasteiger partial charge >= 0.3 is 0 Å². The normalized spacial score (nSPS) is 10.6. The van der Waals surface area contributed by atoms with Crippen LogP contribution in [0.5, 0.6) is 17.2 Å². The molecule has 0 aliphatic carbocycles. The largest absolute Gasteiger partial charge is 0.493 e. The molecule has 0 saturated carbocycles. The van der Waals surface area contributed by atoms with Crippen molar-refractivity contribution < 1.29 is 18.6 Å². The van der Waals surface area contributed by atoms with Crippen LogP contribution in [-0.2, 0) is 6.54 Å². The summed E-state index contributed by atoms with van der Waals surface area (Å²) in [6, 6.07) is 15.5. The number of oxazole rings is 1. The molecule has 1 N–H and O–H groups in total. The maximum atomic E-state index is 9.32. The van der Waals surface area contributed by atoms with E-state index in [0.717, 1.165) is 11.1 Å². The molecule has 148 valence electrons. The Hall–Kier alpha value is -3.92. The summed E-state index contributed by atoms with van der Waals surface area (Å²) in [6.45, 7) is 0.529. The van der Waals surface area contributed by atoms with Crippen molar-refractivity contribution in [1.82, 2.24) is 4.98 Å². The molecule has 0 spiro atoms. The molecular weight excluding hydrogens is 370 g/mol. The molecule has 0 aliphatic heterocycles. The second kappa shape index (κ2) is 9.33. The van der Waals surface area contributed by atoms with Crippen molar-refractivity contribution in [3.63, 3.8) is 0 Å². The molecule has 0 radical (unpaired) electrons. The first kappa shape index (κ1) is 19.8. The van der Waals surface area contributed by atoms with E-state index in [-0.39, 0.29) is 5.69 Å². The molecule has 0 unspecified atom stereocenters. The van der Waals surface area contributed by atoms with E-state index in [4.69, 9.17) is 18.6 Å². The Kier molecular flexibility index (Phi) is 6.38. The van der Waals surface area contributed by atoms with Crippen molar-refractivity contribution in [1.29, 1.82) is 5.26 Å². The lowest BCUT2D eigenvalue weighted by molar-refractivity contribution is 0.324. The van der Waals surface area contributed by atoms with Crippen LogP contribution in [0.15, 0.2) is 46.9 Å². The lowest BCUT2D eigenvalue weighted by atomic mass is 10.1. The number of hydrogen-bond acceptors (Lipinski definition) is 7. The van der Waals surface area contributed by atoms with Crippen LogP contribution < -0.4 is 19.5 Å². The number of aromatic nitrogens is 1. The minimum Gasteiger partial charge on any atom is -0.493 e. The Balaban J connectivity index is 1.80. The SMILES string of the molecule is COc1cc(/C=C/c2nc(C#N)c(NCc3ccccc3)o2)cc(OC)c1OC. The minimum absolute atomic E-state index is 0.200. The molecular formula is C22H21N3O4. The number of nitrogens with one attached hydrogen (secondary N) is 1. The van der Waals surface area contributed by atoms with Crippen LogP contribution in [0, 0.1) is 11.3 Å². The second-order valence-corrected chi connectivity index (χ2v) is 5.97. The maximum Gasteiger partial charge on any atom is 0.232 e. The number of methoxy groups -OCH3 is 3. The van der Waals surface area contributed by atoms with E-state index < -0.39 is 0 Å². The smallest absolute Gasteiger partial charge is 0.232 e. The van der Waals surface area contributed by atoms with Crippen LogP contribution in [0.2, 0.25) is 0 Å². The topological polar surface area (TPSA) is 89.5 Å². The molecule has 29 heavy (non-hydrogen) atoms. The van der Waals surface area contributed by atoms with Gasteiger partial charge in [0.05, 0.1) is 21.3 Å². The molecule has 7 heteroatoms. The van der Waals surface area contributed by atoms with Crippen molar-refractivity contribution in [2.75, 3.05) is 26.6 Å². The maximum absolute atomic E-state index is 9.32. The lowest BCUT2D eigenvalue weighted by Gasteiger charge is -2.12. The first-order valence-electron chi connectivity index (χ1n) is 8.85. The number of nitriles is 1. The Morgan fingerprint density at radius 1 is 1.03 bits per heavy atom. The summed E-state index contributed by atoms with van der Waals surface area (Å²) in [7, 11) is 4.67. The molecule has 2 aromatic carbocycles. The van der Waals surface area contributed by atoms with Crippen LogP contribution in [0.4, 0.5) is 5.88 Å². The van der Waals surface area contributed by atoms with Gasteiger partial charge < -0.3 is 23.9 Å². The number of hydrogen-bond donors (Lipinski definition) is 1. The van der Waals surface area contributed by atoms with Gasteiger partial charge in [0.25, 0.3) is 0 Å². The summed E-state index contributed by atoms with van der Waals surface area (Å²) in [6.07, 6.45) is 3.47. The third-order valence-corrected chi connectivity index (χ3v) is 4.15. The first-order chi connectivity index (χ1) is 14.2. The zero-order valence-electron chi connectivity index (χ0n) is 16.4. The van der Waals surface area contributed by atoms with Gasteiger partial charge in [0.1, 0.15) is 6.07 Å². The molecule has 3 rings (SSSR count). The highest BCUT2D eigenvalue weighted by molar-refractivity contribution is 5.71. The molecule has 1 heterocycles. The number of anilines is 1. The van der Waals surface area contributed by atoms with Crippen molar-refractivity contribution >= 4 is 18.0 Å². The molecule has 0 bridgehead atoms. The van der Waals surface area contributed by atoms with E-state index in [2.05, 4.69) is 10.3 Å². The van der Waals surface area contributed by atoms with Crippen molar-refractivity contribution in [3.8, 4) is 23.3 Å². The van der Waals surface area contributed by atoms with E-state index in [1.807, 2.05) is 36.4 Å². The van der Waals surface area contributed by atoms with Gasteiger partial charge in [-0.1, -0.05) is 30.3 Å². The molecule has 0 fully saturated rings.